The number of benzene rings is 2. The van der Waals surface area contributed by atoms with Crippen molar-refractivity contribution < 1.29 is 19.4 Å². The van der Waals surface area contributed by atoms with E-state index in [0.29, 0.717) is 37.8 Å². The number of aliphatic hydroxyl groups is 1. The number of ether oxygens (including phenoxy) is 2. The standard InChI is InChI=1S/C29H40N2O4/c1-4-35-27-24(11-8-12-26(27)34-3)29(2)15-16-30-20-25(29)28(33)31-17-13-22(19-23(31)14-18-32)21-9-6-5-7-10-21/h5-12,22-23,25,30,32H,4,13-20H2,1-3H3. The van der Waals surface area contributed by atoms with Gasteiger partial charge in [0.15, 0.2) is 11.5 Å². The zero-order valence-corrected chi connectivity index (χ0v) is 21.3. The highest BCUT2D eigenvalue weighted by Gasteiger charge is 2.47. The molecule has 0 spiro atoms. The molecular weight excluding hydrogens is 440 g/mol. The van der Waals surface area contributed by atoms with Crippen molar-refractivity contribution in [1.82, 2.24) is 10.2 Å². The molecule has 190 valence electrons. The summed E-state index contributed by atoms with van der Waals surface area (Å²) < 4.78 is 11.7. The minimum absolute atomic E-state index is 0.0364. The molecule has 2 fully saturated rings. The molecule has 0 bridgehead atoms. The molecule has 6 heteroatoms. The molecular formula is C29H40N2O4. The van der Waals surface area contributed by atoms with E-state index < -0.39 is 0 Å². The van der Waals surface area contributed by atoms with Crippen LogP contribution < -0.4 is 14.8 Å². The van der Waals surface area contributed by atoms with Crippen LogP contribution in [-0.2, 0) is 10.2 Å². The highest BCUT2D eigenvalue weighted by Crippen LogP contribution is 2.47. The Morgan fingerprint density at radius 3 is 2.71 bits per heavy atom. The van der Waals surface area contributed by atoms with E-state index in [1.165, 1.54) is 5.56 Å². The summed E-state index contributed by atoms with van der Waals surface area (Å²) in [5.41, 5.74) is 1.97. The Kier molecular flexibility index (Phi) is 8.34. The van der Waals surface area contributed by atoms with Gasteiger partial charge in [-0.05, 0) is 56.7 Å². The Labute approximate surface area is 209 Å². The fraction of sp³-hybridized carbons (Fsp3) is 0.552. The number of methoxy groups -OCH3 is 1. The largest absolute Gasteiger partial charge is 0.493 e. The average molecular weight is 481 g/mol. The Bertz CT molecular complexity index is 982. The maximum Gasteiger partial charge on any atom is 0.228 e. The van der Waals surface area contributed by atoms with Crippen LogP contribution in [0.15, 0.2) is 48.5 Å². The third kappa shape index (κ3) is 5.19. The molecule has 1 amide bonds. The predicted molar refractivity (Wildman–Crippen MR) is 138 cm³/mol. The number of carbonyl (C=O) groups excluding carboxylic acids is 1. The molecule has 4 atom stereocenters. The van der Waals surface area contributed by atoms with E-state index in [2.05, 4.69) is 47.5 Å². The van der Waals surface area contributed by atoms with E-state index in [-0.39, 0.29) is 29.9 Å². The van der Waals surface area contributed by atoms with Gasteiger partial charge in [0.2, 0.25) is 5.91 Å². The molecule has 0 aliphatic carbocycles. The average Bonchev–Trinajstić information content (AvgIpc) is 2.89. The molecule has 4 unspecified atom stereocenters. The van der Waals surface area contributed by atoms with E-state index in [1.54, 1.807) is 7.11 Å². The van der Waals surface area contributed by atoms with Gasteiger partial charge in [-0.2, -0.15) is 0 Å². The van der Waals surface area contributed by atoms with Crippen molar-refractivity contribution in [2.45, 2.75) is 56.9 Å². The summed E-state index contributed by atoms with van der Waals surface area (Å²) in [6.45, 7) is 6.98. The molecule has 6 nitrogen and oxygen atoms in total. The Morgan fingerprint density at radius 1 is 1.20 bits per heavy atom. The van der Waals surface area contributed by atoms with Gasteiger partial charge in [0, 0.05) is 36.7 Å². The summed E-state index contributed by atoms with van der Waals surface area (Å²) in [7, 11) is 1.66. The lowest BCUT2D eigenvalue weighted by Crippen LogP contribution is -2.57. The van der Waals surface area contributed by atoms with Crippen LogP contribution in [-0.4, -0.2) is 61.9 Å². The zero-order chi connectivity index (χ0) is 24.8. The molecule has 35 heavy (non-hydrogen) atoms. The number of nitrogens with zero attached hydrogens (tertiary/aromatic N) is 1. The topological polar surface area (TPSA) is 71.0 Å². The molecule has 0 radical (unpaired) electrons. The van der Waals surface area contributed by atoms with Gasteiger partial charge in [0.1, 0.15) is 0 Å². The van der Waals surface area contributed by atoms with Crippen LogP contribution in [0, 0.1) is 5.92 Å². The lowest BCUT2D eigenvalue weighted by atomic mass is 9.66. The monoisotopic (exact) mass is 480 g/mol. The minimum atomic E-state index is -0.387. The van der Waals surface area contributed by atoms with Crippen LogP contribution in [0.2, 0.25) is 0 Å². The number of hydrogen-bond donors (Lipinski definition) is 2. The quantitative estimate of drug-likeness (QED) is 0.595. The summed E-state index contributed by atoms with van der Waals surface area (Å²) in [6.07, 6.45) is 3.27. The van der Waals surface area contributed by atoms with Crippen molar-refractivity contribution in [3.8, 4) is 11.5 Å². The SMILES string of the molecule is CCOc1c(OC)cccc1C1(C)CCNCC1C(=O)N1CCC(c2ccccc2)CC1CCO. The van der Waals surface area contributed by atoms with E-state index in [4.69, 9.17) is 9.47 Å². The highest BCUT2D eigenvalue weighted by atomic mass is 16.5. The number of amides is 1. The first-order valence-electron chi connectivity index (χ1n) is 13.0. The molecule has 2 aliphatic heterocycles. The maximum atomic E-state index is 14.2. The smallest absolute Gasteiger partial charge is 0.228 e. The summed E-state index contributed by atoms with van der Waals surface area (Å²) in [5, 5.41) is 13.3. The molecule has 2 aromatic rings. The molecule has 2 aromatic carbocycles. The van der Waals surface area contributed by atoms with Crippen LogP contribution in [0.1, 0.15) is 56.6 Å². The van der Waals surface area contributed by atoms with Crippen LogP contribution in [0.25, 0.3) is 0 Å². The van der Waals surface area contributed by atoms with E-state index in [0.717, 1.165) is 37.1 Å². The first-order chi connectivity index (χ1) is 17.0. The Morgan fingerprint density at radius 2 is 2.00 bits per heavy atom. The third-order valence-electron chi connectivity index (χ3n) is 8.07. The summed E-state index contributed by atoms with van der Waals surface area (Å²) in [5.74, 6) is 1.81. The van der Waals surface area contributed by atoms with E-state index >= 15 is 0 Å². The normalized spacial score (nSPS) is 26.9. The van der Waals surface area contributed by atoms with Gasteiger partial charge in [-0.15, -0.1) is 0 Å². The molecule has 0 aromatic heterocycles. The van der Waals surface area contributed by atoms with Crippen LogP contribution in [0.3, 0.4) is 0 Å². The molecule has 2 aliphatic rings. The first-order valence-corrected chi connectivity index (χ1v) is 13.0. The lowest BCUT2D eigenvalue weighted by molar-refractivity contribution is -0.143. The van der Waals surface area contributed by atoms with Crippen molar-refractivity contribution in [2.24, 2.45) is 5.92 Å². The molecule has 2 heterocycles. The van der Waals surface area contributed by atoms with E-state index in [9.17, 15) is 9.90 Å². The fourth-order valence-corrected chi connectivity index (χ4v) is 6.09. The third-order valence-corrected chi connectivity index (χ3v) is 8.07. The van der Waals surface area contributed by atoms with Gasteiger partial charge in [-0.3, -0.25) is 4.79 Å². The van der Waals surface area contributed by atoms with Gasteiger partial charge < -0.3 is 24.8 Å². The number of aliphatic hydroxyl groups excluding tert-OH is 1. The maximum absolute atomic E-state index is 14.2. The Hall–Kier alpha value is -2.57. The van der Waals surface area contributed by atoms with Crippen molar-refractivity contribution in [3.63, 3.8) is 0 Å². The highest BCUT2D eigenvalue weighted by molar-refractivity contribution is 5.82. The van der Waals surface area contributed by atoms with Gasteiger partial charge in [0.05, 0.1) is 19.6 Å². The van der Waals surface area contributed by atoms with Crippen molar-refractivity contribution in [3.05, 3.63) is 59.7 Å². The van der Waals surface area contributed by atoms with Crippen LogP contribution >= 0.6 is 0 Å². The molecule has 0 saturated carbocycles. The van der Waals surface area contributed by atoms with Crippen LogP contribution in [0.4, 0.5) is 0 Å². The van der Waals surface area contributed by atoms with Crippen molar-refractivity contribution in [2.75, 3.05) is 40.0 Å². The number of hydrogen-bond acceptors (Lipinski definition) is 5. The zero-order valence-electron chi connectivity index (χ0n) is 21.3. The van der Waals surface area contributed by atoms with Gasteiger partial charge in [-0.25, -0.2) is 0 Å². The summed E-state index contributed by atoms with van der Waals surface area (Å²) in [6, 6.07) is 16.6. The number of piperidine rings is 2. The minimum Gasteiger partial charge on any atom is -0.493 e. The number of carbonyl (C=O) groups is 1. The summed E-state index contributed by atoms with van der Waals surface area (Å²) in [4.78, 5) is 16.3. The fourth-order valence-electron chi connectivity index (χ4n) is 6.09. The van der Waals surface area contributed by atoms with E-state index in [1.807, 2.05) is 25.1 Å². The number of para-hydroxylation sites is 1. The first kappa shape index (κ1) is 25.5. The number of rotatable bonds is 8. The van der Waals surface area contributed by atoms with Gasteiger partial charge in [0.25, 0.3) is 0 Å². The van der Waals surface area contributed by atoms with Crippen molar-refractivity contribution in [1.29, 1.82) is 0 Å². The molecule has 4 rings (SSSR count). The number of likely N-dealkylation sites (tertiary alicyclic amines) is 1. The van der Waals surface area contributed by atoms with Gasteiger partial charge >= 0.3 is 0 Å². The second kappa shape index (κ2) is 11.4. The van der Waals surface area contributed by atoms with Crippen molar-refractivity contribution >= 4 is 5.91 Å². The molecule has 2 N–H and O–H groups in total. The number of nitrogens with one attached hydrogen (secondary N) is 1. The van der Waals surface area contributed by atoms with Crippen LogP contribution in [0.5, 0.6) is 11.5 Å². The predicted octanol–water partition coefficient (Wildman–Crippen LogP) is 4.12. The lowest BCUT2D eigenvalue weighted by Gasteiger charge is -2.47. The summed E-state index contributed by atoms with van der Waals surface area (Å²) >= 11 is 0. The molecule has 2 saturated heterocycles. The second-order valence-corrected chi connectivity index (χ2v) is 10.0. The van der Waals surface area contributed by atoms with Gasteiger partial charge in [-0.1, -0.05) is 49.4 Å². The Balaban J connectivity index is 1.63. The second-order valence-electron chi connectivity index (χ2n) is 10.0.